The Morgan fingerprint density at radius 1 is 1.45 bits per heavy atom. The summed E-state index contributed by atoms with van der Waals surface area (Å²) in [7, 11) is -1.96. The Bertz CT molecular complexity index is 519. The summed E-state index contributed by atoms with van der Waals surface area (Å²) in [6.45, 7) is 0.553. The number of ether oxygens (including phenoxy) is 1. The van der Waals surface area contributed by atoms with Gasteiger partial charge in [0.15, 0.2) is 0 Å². The SMILES string of the molecule is COCCNC(=O)CN(Cc1ccccn1)S(C)(=O)=O. The number of rotatable bonds is 8. The molecule has 1 amide bonds. The second-order valence-corrected chi connectivity index (χ2v) is 6.18. The number of carbonyl (C=O) groups is 1. The van der Waals surface area contributed by atoms with Crippen molar-refractivity contribution in [2.75, 3.05) is 33.1 Å². The van der Waals surface area contributed by atoms with Gasteiger partial charge in [0.2, 0.25) is 15.9 Å². The Morgan fingerprint density at radius 3 is 2.75 bits per heavy atom. The number of pyridine rings is 1. The molecule has 0 aliphatic heterocycles. The van der Waals surface area contributed by atoms with E-state index in [0.717, 1.165) is 10.6 Å². The molecule has 7 nitrogen and oxygen atoms in total. The van der Waals surface area contributed by atoms with Crippen molar-refractivity contribution in [1.29, 1.82) is 0 Å². The summed E-state index contributed by atoms with van der Waals surface area (Å²) in [5.41, 5.74) is 0.586. The Labute approximate surface area is 119 Å². The zero-order valence-electron chi connectivity index (χ0n) is 11.6. The average molecular weight is 301 g/mol. The summed E-state index contributed by atoms with van der Waals surface area (Å²) in [6, 6.07) is 5.22. The van der Waals surface area contributed by atoms with Gasteiger partial charge in [0.1, 0.15) is 0 Å². The zero-order valence-corrected chi connectivity index (χ0v) is 12.4. The van der Waals surface area contributed by atoms with Crippen molar-refractivity contribution in [1.82, 2.24) is 14.6 Å². The molecule has 0 spiro atoms. The summed E-state index contributed by atoms with van der Waals surface area (Å²) >= 11 is 0. The molecule has 0 radical (unpaired) electrons. The van der Waals surface area contributed by atoms with Gasteiger partial charge in [0.05, 0.1) is 31.6 Å². The van der Waals surface area contributed by atoms with Crippen LogP contribution >= 0.6 is 0 Å². The molecular weight excluding hydrogens is 282 g/mol. The van der Waals surface area contributed by atoms with E-state index in [9.17, 15) is 13.2 Å². The molecule has 0 aliphatic rings. The number of methoxy groups -OCH3 is 1. The lowest BCUT2D eigenvalue weighted by Gasteiger charge is -2.19. The highest BCUT2D eigenvalue weighted by Gasteiger charge is 2.20. The molecule has 8 heteroatoms. The largest absolute Gasteiger partial charge is 0.383 e. The van der Waals surface area contributed by atoms with Gasteiger partial charge in [-0.2, -0.15) is 4.31 Å². The molecule has 0 saturated carbocycles. The molecular formula is C12H19N3O4S. The van der Waals surface area contributed by atoms with Gasteiger partial charge in [-0.15, -0.1) is 0 Å². The molecule has 112 valence electrons. The molecule has 0 fully saturated rings. The highest BCUT2D eigenvalue weighted by molar-refractivity contribution is 7.88. The molecule has 1 heterocycles. The quantitative estimate of drug-likeness (QED) is 0.660. The Hall–Kier alpha value is -1.51. The molecule has 0 saturated heterocycles. The van der Waals surface area contributed by atoms with Crippen LogP contribution in [0.3, 0.4) is 0 Å². The van der Waals surface area contributed by atoms with Crippen molar-refractivity contribution in [2.45, 2.75) is 6.54 Å². The van der Waals surface area contributed by atoms with E-state index in [1.54, 1.807) is 24.4 Å². The number of nitrogens with one attached hydrogen (secondary N) is 1. The lowest BCUT2D eigenvalue weighted by atomic mass is 10.3. The van der Waals surface area contributed by atoms with E-state index < -0.39 is 10.0 Å². The van der Waals surface area contributed by atoms with Crippen LogP contribution in [0.1, 0.15) is 5.69 Å². The number of sulfonamides is 1. The third-order valence-corrected chi connectivity index (χ3v) is 3.68. The van der Waals surface area contributed by atoms with Gasteiger partial charge in [-0.05, 0) is 12.1 Å². The Kier molecular flexibility index (Phi) is 6.56. The summed E-state index contributed by atoms with van der Waals surface area (Å²) in [5.74, 6) is -0.372. The van der Waals surface area contributed by atoms with Crippen LogP contribution < -0.4 is 5.32 Å². The smallest absolute Gasteiger partial charge is 0.235 e. The summed E-state index contributed by atoms with van der Waals surface area (Å²) < 4.78 is 29.3. The fourth-order valence-electron chi connectivity index (χ4n) is 1.47. The number of aromatic nitrogens is 1. The van der Waals surface area contributed by atoms with Gasteiger partial charge < -0.3 is 10.1 Å². The van der Waals surface area contributed by atoms with Crippen molar-refractivity contribution < 1.29 is 17.9 Å². The first-order chi connectivity index (χ1) is 9.43. The maximum Gasteiger partial charge on any atom is 0.235 e. The van der Waals surface area contributed by atoms with E-state index >= 15 is 0 Å². The van der Waals surface area contributed by atoms with Crippen LogP contribution in [0.15, 0.2) is 24.4 Å². The maximum absolute atomic E-state index is 11.7. The third-order valence-electron chi connectivity index (χ3n) is 2.48. The van der Waals surface area contributed by atoms with E-state index in [0.29, 0.717) is 18.8 Å². The van der Waals surface area contributed by atoms with Crippen molar-refractivity contribution in [3.63, 3.8) is 0 Å². The number of carbonyl (C=O) groups excluding carboxylic acids is 1. The van der Waals surface area contributed by atoms with Crippen LogP contribution in [-0.2, 0) is 26.1 Å². The molecule has 1 rings (SSSR count). The van der Waals surface area contributed by atoms with Crippen LogP contribution in [0, 0.1) is 0 Å². The van der Waals surface area contributed by atoms with Crippen LogP contribution in [0.4, 0.5) is 0 Å². The lowest BCUT2D eigenvalue weighted by molar-refractivity contribution is -0.121. The molecule has 20 heavy (non-hydrogen) atoms. The predicted octanol–water partition coefficient (Wildman–Crippen LogP) is -0.394. The number of hydrogen-bond acceptors (Lipinski definition) is 5. The van der Waals surface area contributed by atoms with Crippen LogP contribution in [0.5, 0.6) is 0 Å². The second-order valence-electron chi connectivity index (χ2n) is 4.19. The Morgan fingerprint density at radius 2 is 2.20 bits per heavy atom. The average Bonchev–Trinajstić information content (AvgIpc) is 2.38. The van der Waals surface area contributed by atoms with E-state index in [1.165, 1.54) is 7.11 Å². The van der Waals surface area contributed by atoms with Crippen LogP contribution in [0.2, 0.25) is 0 Å². The van der Waals surface area contributed by atoms with Crippen LogP contribution in [0.25, 0.3) is 0 Å². The minimum atomic E-state index is -3.49. The topological polar surface area (TPSA) is 88.6 Å². The highest BCUT2D eigenvalue weighted by atomic mass is 32.2. The summed E-state index contributed by atoms with van der Waals surface area (Å²) in [5, 5.41) is 2.58. The van der Waals surface area contributed by atoms with Gasteiger partial charge in [-0.3, -0.25) is 9.78 Å². The number of nitrogens with zero attached hydrogens (tertiary/aromatic N) is 2. The van der Waals surface area contributed by atoms with E-state index in [1.807, 2.05) is 0 Å². The minimum absolute atomic E-state index is 0.0668. The van der Waals surface area contributed by atoms with Gasteiger partial charge in [0, 0.05) is 19.9 Å². The fraction of sp³-hybridized carbons (Fsp3) is 0.500. The normalized spacial score (nSPS) is 11.6. The number of amides is 1. The number of hydrogen-bond donors (Lipinski definition) is 1. The first-order valence-corrected chi connectivity index (χ1v) is 7.89. The highest BCUT2D eigenvalue weighted by Crippen LogP contribution is 2.05. The van der Waals surface area contributed by atoms with Gasteiger partial charge in [-0.1, -0.05) is 6.07 Å². The Balaban J connectivity index is 2.64. The first kappa shape index (κ1) is 16.5. The molecule has 0 aliphatic carbocycles. The molecule has 0 aromatic carbocycles. The lowest BCUT2D eigenvalue weighted by Crippen LogP contribution is -2.40. The molecule has 0 atom stereocenters. The van der Waals surface area contributed by atoms with E-state index in [-0.39, 0.29) is 19.0 Å². The maximum atomic E-state index is 11.7. The summed E-state index contributed by atoms with van der Waals surface area (Å²) in [4.78, 5) is 15.7. The van der Waals surface area contributed by atoms with Gasteiger partial charge in [-0.25, -0.2) is 8.42 Å². The second kappa shape index (κ2) is 7.93. The summed E-state index contributed by atoms with van der Waals surface area (Å²) in [6.07, 6.45) is 2.65. The molecule has 1 aromatic rings. The molecule has 1 aromatic heterocycles. The van der Waals surface area contributed by atoms with Gasteiger partial charge >= 0.3 is 0 Å². The fourth-order valence-corrected chi connectivity index (χ4v) is 2.19. The van der Waals surface area contributed by atoms with Crippen LogP contribution in [-0.4, -0.2) is 56.7 Å². The molecule has 0 unspecified atom stereocenters. The standard InChI is InChI=1S/C12H19N3O4S/c1-19-8-7-14-12(16)10-15(20(2,17)18)9-11-5-3-4-6-13-11/h3-6H,7-10H2,1-2H3,(H,14,16). The van der Waals surface area contributed by atoms with Crippen molar-refractivity contribution in [3.8, 4) is 0 Å². The van der Waals surface area contributed by atoms with Gasteiger partial charge in [0.25, 0.3) is 0 Å². The van der Waals surface area contributed by atoms with Crippen molar-refractivity contribution in [2.24, 2.45) is 0 Å². The van der Waals surface area contributed by atoms with E-state index in [2.05, 4.69) is 10.3 Å². The monoisotopic (exact) mass is 301 g/mol. The zero-order chi connectivity index (χ0) is 15.0. The predicted molar refractivity (Wildman–Crippen MR) is 74.4 cm³/mol. The molecule has 0 bridgehead atoms. The minimum Gasteiger partial charge on any atom is -0.383 e. The van der Waals surface area contributed by atoms with E-state index in [4.69, 9.17) is 4.74 Å². The third kappa shape index (κ3) is 6.09. The van der Waals surface area contributed by atoms with Crippen molar-refractivity contribution in [3.05, 3.63) is 30.1 Å². The first-order valence-electron chi connectivity index (χ1n) is 6.04. The molecule has 1 N–H and O–H groups in total. The van der Waals surface area contributed by atoms with Crippen molar-refractivity contribution >= 4 is 15.9 Å².